The lowest BCUT2D eigenvalue weighted by Gasteiger charge is -2.26. The van der Waals surface area contributed by atoms with Crippen LogP contribution in [-0.2, 0) is 9.53 Å². The summed E-state index contributed by atoms with van der Waals surface area (Å²) in [6.45, 7) is 10.1. The highest BCUT2D eigenvalue weighted by atomic mass is 16.5. The van der Waals surface area contributed by atoms with Crippen molar-refractivity contribution in [1.29, 1.82) is 0 Å². The van der Waals surface area contributed by atoms with Gasteiger partial charge in [0, 0.05) is 5.57 Å². The Kier molecular flexibility index (Phi) is 4.78. The van der Waals surface area contributed by atoms with E-state index in [0.29, 0.717) is 24.0 Å². The number of ether oxygens (including phenoxy) is 1. The molecule has 0 radical (unpaired) electrons. The van der Waals surface area contributed by atoms with Crippen molar-refractivity contribution in [3.8, 4) is 0 Å². The van der Waals surface area contributed by atoms with Crippen molar-refractivity contribution < 1.29 is 9.53 Å². The first kappa shape index (κ1) is 13.0. The molecule has 1 aliphatic carbocycles. The Hall–Kier alpha value is -1.05. The maximum Gasteiger partial charge on any atom is 0.333 e. The molecule has 0 saturated heterocycles. The number of allylic oxidation sites excluding steroid dienone is 2. The van der Waals surface area contributed by atoms with Gasteiger partial charge in [-0.25, -0.2) is 4.79 Å². The van der Waals surface area contributed by atoms with Gasteiger partial charge in [-0.1, -0.05) is 25.2 Å². The molecular formula is C14H22O2. The summed E-state index contributed by atoms with van der Waals surface area (Å²) < 4.78 is 5.19. The summed E-state index contributed by atoms with van der Waals surface area (Å²) in [6, 6.07) is 0. The predicted octanol–water partition coefficient (Wildman–Crippen LogP) is 3.49. The molecule has 0 aromatic rings. The van der Waals surface area contributed by atoms with Crippen LogP contribution >= 0.6 is 0 Å². The highest BCUT2D eigenvalue weighted by Crippen LogP contribution is 2.29. The first-order chi connectivity index (χ1) is 7.50. The molecule has 0 aromatic heterocycles. The van der Waals surface area contributed by atoms with Gasteiger partial charge in [0.25, 0.3) is 0 Å². The number of rotatable bonds is 4. The Labute approximate surface area is 98.4 Å². The fourth-order valence-electron chi connectivity index (χ4n) is 1.97. The van der Waals surface area contributed by atoms with E-state index in [1.165, 1.54) is 18.4 Å². The third-order valence-electron chi connectivity index (χ3n) is 3.31. The number of hydrogen-bond acceptors (Lipinski definition) is 2. The van der Waals surface area contributed by atoms with E-state index in [1.54, 1.807) is 6.92 Å². The third-order valence-corrected chi connectivity index (χ3v) is 3.31. The van der Waals surface area contributed by atoms with Gasteiger partial charge in [-0.2, -0.15) is 0 Å². The highest BCUT2D eigenvalue weighted by Gasteiger charge is 2.20. The molecule has 0 N–H and O–H groups in total. The maximum absolute atomic E-state index is 11.2. The molecule has 2 heteroatoms. The molecule has 0 aliphatic heterocycles. The molecule has 2 nitrogen and oxygen atoms in total. The zero-order chi connectivity index (χ0) is 12.1. The Morgan fingerprint density at radius 2 is 2.38 bits per heavy atom. The molecule has 1 unspecified atom stereocenters. The Morgan fingerprint density at radius 3 is 2.88 bits per heavy atom. The fourth-order valence-corrected chi connectivity index (χ4v) is 1.97. The number of esters is 1. The second-order valence-electron chi connectivity index (χ2n) is 4.94. The van der Waals surface area contributed by atoms with Crippen molar-refractivity contribution in [3.05, 3.63) is 23.8 Å². The van der Waals surface area contributed by atoms with Crippen LogP contribution in [0.5, 0.6) is 0 Å². The van der Waals surface area contributed by atoms with E-state index in [9.17, 15) is 4.79 Å². The van der Waals surface area contributed by atoms with Crippen LogP contribution < -0.4 is 0 Å². The first-order valence-corrected chi connectivity index (χ1v) is 5.99. The average molecular weight is 222 g/mol. The van der Waals surface area contributed by atoms with Crippen LogP contribution in [0.15, 0.2) is 23.8 Å². The zero-order valence-electron chi connectivity index (χ0n) is 10.6. The lowest BCUT2D eigenvalue weighted by Crippen LogP contribution is -2.21. The molecule has 0 fully saturated rings. The lowest BCUT2D eigenvalue weighted by molar-refractivity contribution is -0.140. The minimum atomic E-state index is -0.269. The summed E-state index contributed by atoms with van der Waals surface area (Å²) in [5, 5.41) is 0. The smallest absolute Gasteiger partial charge is 0.333 e. The normalized spacial score (nSPS) is 22.2. The van der Waals surface area contributed by atoms with Crippen molar-refractivity contribution in [2.24, 2.45) is 11.8 Å². The van der Waals surface area contributed by atoms with Gasteiger partial charge in [-0.3, -0.25) is 0 Å². The van der Waals surface area contributed by atoms with E-state index >= 15 is 0 Å². The van der Waals surface area contributed by atoms with E-state index in [4.69, 9.17) is 4.74 Å². The van der Waals surface area contributed by atoms with Gasteiger partial charge >= 0.3 is 5.97 Å². The standard InChI is InChI=1S/C14H22O2/c1-10(2)14(15)16-9-12(4)13-7-5-11(3)6-8-13/h5,12-13H,1,6-9H2,2-4H3/t12?,13-/m1/s1. The van der Waals surface area contributed by atoms with Gasteiger partial charge in [0.2, 0.25) is 0 Å². The minimum Gasteiger partial charge on any atom is -0.462 e. The lowest BCUT2D eigenvalue weighted by atomic mass is 9.82. The third kappa shape index (κ3) is 3.84. The van der Waals surface area contributed by atoms with Crippen molar-refractivity contribution in [3.63, 3.8) is 0 Å². The summed E-state index contributed by atoms with van der Waals surface area (Å²) >= 11 is 0. The molecule has 0 saturated carbocycles. The average Bonchev–Trinajstić information content (AvgIpc) is 2.26. The van der Waals surface area contributed by atoms with E-state index in [-0.39, 0.29) is 5.97 Å². The predicted molar refractivity (Wildman–Crippen MR) is 66.0 cm³/mol. The molecule has 0 bridgehead atoms. The summed E-state index contributed by atoms with van der Waals surface area (Å²) in [6.07, 6.45) is 5.83. The molecule has 2 atom stereocenters. The summed E-state index contributed by atoms with van der Waals surface area (Å²) in [5.74, 6) is 0.823. The largest absolute Gasteiger partial charge is 0.462 e. The van der Waals surface area contributed by atoms with E-state index in [1.807, 2.05) is 0 Å². The van der Waals surface area contributed by atoms with Gasteiger partial charge in [0.05, 0.1) is 6.61 Å². The number of carbonyl (C=O) groups excluding carboxylic acids is 1. The van der Waals surface area contributed by atoms with Crippen LogP contribution in [-0.4, -0.2) is 12.6 Å². The molecular weight excluding hydrogens is 200 g/mol. The van der Waals surface area contributed by atoms with E-state index in [2.05, 4.69) is 26.5 Å². The second kappa shape index (κ2) is 5.88. The molecule has 0 spiro atoms. The van der Waals surface area contributed by atoms with Crippen LogP contribution in [0, 0.1) is 11.8 Å². The Morgan fingerprint density at radius 1 is 1.69 bits per heavy atom. The SMILES string of the molecule is C=C(C)C(=O)OCC(C)[C@@H]1CC=C(C)CC1. The molecule has 0 amide bonds. The van der Waals surface area contributed by atoms with E-state index < -0.39 is 0 Å². The van der Waals surface area contributed by atoms with Gasteiger partial charge in [0.1, 0.15) is 0 Å². The van der Waals surface area contributed by atoms with Gasteiger partial charge in [0.15, 0.2) is 0 Å². The molecule has 0 aromatic carbocycles. The summed E-state index contributed by atoms with van der Waals surface area (Å²) in [4.78, 5) is 11.2. The van der Waals surface area contributed by atoms with Gasteiger partial charge in [-0.15, -0.1) is 0 Å². The first-order valence-electron chi connectivity index (χ1n) is 5.99. The van der Waals surface area contributed by atoms with Gasteiger partial charge in [-0.05, 0) is 44.9 Å². The monoisotopic (exact) mass is 222 g/mol. The quantitative estimate of drug-likeness (QED) is 0.413. The van der Waals surface area contributed by atoms with Crippen LogP contribution in [0.4, 0.5) is 0 Å². The molecule has 1 aliphatic rings. The molecule has 1 rings (SSSR count). The highest BCUT2D eigenvalue weighted by molar-refractivity contribution is 5.86. The number of carbonyl (C=O) groups is 1. The van der Waals surface area contributed by atoms with Crippen LogP contribution in [0.2, 0.25) is 0 Å². The Bertz CT molecular complexity index is 302. The van der Waals surface area contributed by atoms with Crippen molar-refractivity contribution in [1.82, 2.24) is 0 Å². The van der Waals surface area contributed by atoms with Crippen LogP contribution in [0.25, 0.3) is 0 Å². The number of hydrogen-bond donors (Lipinski definition) is 0. The van der Waals surface area contributed by atoms with E-state index in [0.717, 1.165) is 6.42 Å². The van der Waals surface area contributed by atoms with Crippen LogP contribution in [0.3, 0.4) is 0 Å². The fraction of sp³-hybridized carbons (Fsp3) is 0.643. The van der Waals surface area contributed by atoms with Crippen molar-refractivity contribution in [2.75, 3.05) is 6.61 Å². The van der Waals surface area contributed by atoms with Crippen molar-refractivity contribution >= 4 is 5.97 Å². The second-order valence-corrected chi connectivity index (χ2v) is 4.94. The van der Waals surface area contributed by atoms with Crippen LogP contribution in [0.1, 0.15) is 40.0 Å². The molecule has 90 valence electrons. The molecule has 16 heavy (non-hydrogen) atoms. The zero-order valence-corrected chi connectivity index (χ0v) is 10.6. The summed E-state index contributed by atoms with van der Waals surface area (Å²) in [5.41, 5.74) is 1.97. The minimum absolute atomic E-state index is 0.269. The maximum atomic E-state index is 11.2. The van der Waals surface area contributed by atoms with Gasteiger partial charge < -0.3 is 4.74 Å². The topological polar surface area (TPSA) is 26.3 Å². The van der Waals surface area contributed by atoms with Crippen molar-refractivity contribution in [2.45, 2.75) is 40.0 Å². The Balaban J connectivity index is 2.33. The summed E-state index contributed by atoms with van der Waals surface area (Å²) in [7, 11) is 0. The molecule has 0 heterocycles.